The zero-order chi connectivity index (χ0) is 15.5. The Labute approximate surface area is 106 Å². The topological polar surface area (TPSA) is 40.5 Å². The predicted molar refractivity (Wildman–Crippen MR) is 67.4 cm³/mol. The van der Waals surface area contributed by atoms with E-state index in [4.69, 9.17) is 13.4 Å². The van der Waals surface area contributed by atoms with Crippen molar-refractivity contribution in [3.63, 3.8) is 0 Å². The fourth-order valence-corrected chi connectivity index (χ4v) is 1.50. The third-order valence-corrected chi connectivity index (χ3v) is 3.39. The maximum absolute atomic E-state index is 11.9. The first kappa shape index (κ1) is 8.94. The quantitative estimate of drug-likeness (QED) is 0.675. The zero-order valence-corrected chi connectivity index (χ0v) is 10.7. The maximum atomic E-state index is 11.9. The fraction of sp³-hybridized carbons (Fsp3) is 0.583. The number of pyridine rings is 1. The van der Waals surface area contributed by atoms with E-state index in [0.717, 1.165) is 4.57 Å². The summed E-state index contributed by atoms with van der Waals surface area (Å²) < 4.78 is 36.1. The zero-order valence-electron chi connectivity index (χ0n) is 13.7. The van der Waals surface area contributed by atoms with Crippen molar-refractivity contribution in [2.75, 3.05) is 0 Å². The SMILES string of the molecule is [2H]c1c(B2OC(C)(C)C(C)(C)O2)c([2H])c(=O)n(C)c1[2H]. The minimum Gasteiger partial charge on any atom is -0.399 e. The Hall–Kier alpha value is -1.07. The minimum atomic E-state index is -0.974. The number of rotatable bonds is 1. The molecule has 92 valence electrons. The summed E-state index contributed by atoms with van der Waals surface area (Å²) in [6.07, 6.45) is -0.254. The van der Waals surface area contributed by atoms with Crippen molar-refractivity contribution in [3.05, 3.63) is 28.6 Å². The van der Waals surface area contributed by atoms with E-state index in [1.54, 1.807) is 0 Å². The fourth-order valence-electron chi connectivity index (χ4n) is 1.50. The Balaban J connectivity index is 2.60. The molecule has 1 fully saturated rings. The molecule has 0 unspecified atom stereocenters. The molecule has 0 amide bonds. The van der Waals surface area contributed by atoms with Crippen molar-refractivity contribution < 1.29 is 13.4 Å². The lowest BCUT2D eigenvalue weighted by Gasteiger charge is -2.32. The number of hydrogen-bond donors (Lipinski definition) is 0. The molecule has 0 bridgehead atoms. The van der Waals surface area contributed by atoms with Crippen molar-refractivity contribution in [1.29, 1.82) is 0 Å². The standard InChI is InChI=1S/C12H18BNO3/c1-11(2)12(3,4)17-13(16-11)9-6-7-14(5)10(15)8-9/h6-8H,1-5H3/i6D,7D,8D. The van der Waals surface area contributed by atoms with E-state index in [1.807, 2.05) is 27.7 Å². The Kier molecular flexibility index (Phi) is 1.96. The van der Waals surface area contributed by atoms with Crippen LogP contribution in [0.25, 0.3) is 0 Å². The molecule has 4 nitrogen and oxygen atoms in total. The smallest absolute Gasteiger partial charge is 0.399 e. The lowest BCUT2D eigenvalue weighted by atomic mass is 9.80. The second-order valence-electron chi connectivity index (χ2n) is 5.23. The van der Waals surface area contributed by atoms with Gasteiger partial charge < -0.3 is 13.9 Å². The molecule has 0 atom stereocenters. The molecule has 0 saturated carbocycles. The van der Waals surface area contributed by atoms with Gasteiger partial charge >= 0.3 is 7.12 Å². The highest BCUT2D eigenvalue weighted by atomic mass is 16.7. The molecule has 0 spiro atoms. The average molecular weight is 238 g/mol. The highest BCUT2D eigenvalue weighted by molar-refractivity contribution is 6.62. The predicted octanol–water partition coefficient (Wildman–Crippen LogP) is 0.684. The summed E-state index contributed by atoms with van der Waals surface area (Å²) >= 11 is 0. The molecule has 1 aromatic heterocycles. The second-order valence-corrected chi connectivity index (χ2v) is 5.23. The molecule has 17 heavy (non-hydrogen) atoms. The molecule has 2 heterocycles. The molecule has 1 aliphatic rings. The summed E-state index contributed by atoms with van der Waals surface area (Å²) in [6.45, 7) is 7.40. The van der Waals surface area contributed by atoms with E-state index in [0.29, 0.717) is 0 Å². The van der Waals surface area contributed by atoms with E-state index in [9.17, 15) is 4.79 Å². The summed E-state index contributed by atoms with van der Waals surface area (Å²) in [5, 5.41) is 0. The molecule has 1 aromatic rings. The van der Waals surface area contributed by atoms with Crippen LogP contribution in [-0.2, 0) is 16.4 Å². The maximum Gasteiger partial charge on any atom is 0.495 e. The molecule has 2 rings (SSSR count). The third-order valence-electron chi connectivity index (χ3n) is 3.39. The first-order valence-corrected chi connectivity index (χ1v) is 5.52. The van der Waals surface area contributed by atoms with Crippen molar-refractivity contribution in [2.24, 2.45) is 7.05 Å². The van der Waals surface area contributed by atoms with Gasteiger partial charge in [-0.05, 0) is 39.2 Å². The normalized spacial score (nSPS) is 24.3. The summed E-state index contributed by atoms with van der Waals surface area (Å²) in [5.74, 6) is 0. The minimum absolute atomic E-state index is 0.0248. The lowest BCUT2D eigenvalue weighted by molar-refractivity contribution is 0.00578. The molecule has 0 aromatic carbocycles. The summed E-state index contributed by atoms with van der Waals surface area (Å²) in [4.78, 5) is 11.9. The van der Waals surface area contributed by atoms with E-state index in [2.05, 4.69) is 0 Å². The molecule has 0 N–H and O–H groups in total. The van der Waals surface area contributed by atoms with Crippen molar-refractivity contribution in [1.82, 2.24) is 4.57 Å². The van der Waals surface area contributed by atoms with Crippen molar-refractivity contribution >= 4 is 12.6 Å². The van der Waals surface area contributed by atoms with Crippen LogP contribution in [0.4, 0.5) is 0 Å². The van der Waals surface area contributed by atoms with E-state index < -0.39 is 23.9 Å². The van der Waals surface area contributed by atoms with Crippen LogP contribution in [0.2, 0.25) is 0 Å². The van der Waals surface area contributed by atoms with Crippen molar-refractivity contribution in [2.45, 2.75) is 38.9 Å². The lowest BCUT2D eigenvalue weighted by Crippen LogP contribution is -2.41. The summed E-state index contributed by atoms with van der Waals surface area (Å²) in [7, 11) is 0.396. The van der Waals surface area contributed by atoms with Gasteiger partial charge in [0.1, 0.15) is 0 Å². The van der Waals surface area contributed by atoms with Crippen molar-refractivity contribution in [3.8, 4) is 0 Å². The van der Waals surface area contributed by atoms with Gasteiger partial charge in [-0.1, -0.05) is 0 Å². The van der Waals surface area contributed by atoms with Gasteiger partial charge in [-0.25, -0.2) is 0 Å². The van der Waals surface area contributed by atoms with Crippen LogP contribution < -0.4 is 11.0 Å². The summed E-state index contributed by atoms with van der Waals surface area (Å²) in [5.41, 5.74) is -1.85. The van der Waals surface area contributed by atoms with E-state index in [1.165, 1.54) is 7.05 Å². The largest absolute Gasteiger partial charge is 0.495 e. The van der Waals surface area contributed by atoms with Crippen LogP contribution in [0, 0.1) is 0 Å². The Morgan fingerprint density at radius 2 is 1.82 bits per heavy atom. The van der Waals surface area contributed by atoms with Crippen LogP contribution >= 0.6 is 0 Å². The van der Waals surface area contributed by atoms with Crippen LogP contribution in [0.15, 0.2) is 23.1 Å². The van der Waals surface area contributed by atoms with Gasteiger partial charge in [-0.3, -0.25) is 4.79 Å². The summed E-state index contributed by atoms with van der Waals surface area (Å²) in [6, 6.07) is -0.567. The van der Waals surface area contributed by atoms with Crippen LogP contribution in [0.1, 0.15) is 31.8 Å². The number of hydrogen-bond acceptors (Lipinski definition) is 3. The number of aromatic nitrogens is 1. The highest BCUT2D eigenvalue weighted by Crippen LogP contribution is 2.36. The molecule has 0 aliphatic carbocycles. The molecule has 5 heteroatoms. The number of nitrogens with zero attached hydrogens (tertiary/aromatic N) is 1. The molecular weight excluding hydrogens is 217 g/mol. The highest BCUT2D eigenvalue weighted by Gasteiger charge is 2.51. The Morgan fingerprint density at radius 1 is 1.29 bits per heavy atom. The van der Waals surface area contributed by atoms with Gasteiger partial charge in [0.05, 0.1) is 15.3 Å². The second kappa shape index (κ2) is 3.72. The molecule has 1 saturated heterocycles. The Morgan fingerprint density at radius 3 is 2.35 bits per heavy atom. The van der Waals surface area contributed by atoms with Gasteiger partial charge in [-0.2, -0.15) is 0 Å². The monoisotopic (exact) mass is 238 g/mol. The molecular formula is C12H18BNO3. The average Bonchev–Trinajstić information content (AvgIpc) is 2.53. The van der Waals surface area contributed by atoms with Gasteiger partial charge in [0.15, 0.2) is 0 Å². The van der Waals surface area contributed by atoms with Crippen LogP contribution in [0.3, 0.4) is 0 Å². The third kappa shape index (κ3) is 2.05. The van der Waals surface area contributed by atoms with Gasteiger partial charge in [-0.15, -0.1) is 0 Å². The van der Waals surface area contributed by atoms with Gasteiger partial charge in [0, 0.05) is 19.3 Å². The molecule has 0 radical (unpaired) electrons. The van der Waals surface area contributed by atoms with E-state index >= 15 is 0 Å². The molecule has 1 aliphatic heterocycles. The first-order valence-electron chi connectivity index (χ1n) is 7.02. The van der Waals surface area contributed by atoms with Gasteiger partial charge in [0.2, 0.25) is 5.56 Å². The van der Waals surface area contributed by atoms with Crippen LogP contribution in [-0.4, -0.2) is 22.9 Å². The van der Waals surface area contributed by atoms with Crippen LogP contribution in [0.5, 0.6) is 0 Å². The van der Waals surface area contributed by atoms with E-state index in [-0.39, 0.29) is 23.7 Å². The van der Waals surface area contributed by atoms with Gasteiger partial charge in [0.25, 0.3) is 0 Å². The first-order chi connectivity index (χ1) is 8.99. The Bertz CT molecular complexity index is 611.